The molecule has 1 aromatic carbocycles. The quantitative estimate of drug-likeness (QED) is 0.883. The summed E-state index contributed by atoms with van der Waals surface area (Å²) in [7, 11) is 0. The van der Waals surface area contributed by atoms with Crippen LogP contribution in [0.2, 0.25) is 0 Å². The molecule has 18 heavy (non-hydrogen) atoms. The van der Waals surface area contributed by atoms with Gasteiger partial charge in [-0.2, -0.15) is 0 Å². The van der Waals surface area contributed by atoms with Crippen LogP contribution in [0.4, 0.5) is 0 Å². The maximum absolute atomic E-state index is 5.96. The van der Waals surface area contributed by atoms with Gasteiger partial charge in [0.1, 0.15) is 0 Å². The lowest BCUT2D eigenvalue weighted by Gasteiger charge is -2.26. The van der Waals surface area contributed by atoms with Gasteiger partial charge in [0.15, 0.2) is 5.96 Å². The molecule has 1 aliphatic carbocycles. The topological polar surface area (TPSA) is 41.6 Å². The Hall–Kier alpha value is -1.51. The van der Waals surface area contributed by atoms with Crippen LogP contribution < -0.4 is 5.73 Å². The highest BCUT2D eigenvalue weighted by Gasteiger charge is 2.27. The summed E-state index contributed by atoms with van der Waals surface area (Å²) in [6, 6.07) is 9.43. The normalized spacial score (nSPS) is 23.3. The van der Waals surface area contributed by atoms with E-state index in [1.165, 1.54) is 24.0 Å². The monoisotopic (exact) mass is 243 g/mol. The van der Waals surface area contributed by atoms with E-state index in [-0.39, 0.29) is 0 Å². The highest BCUT2D eigenvalue weighted by atomic mass is 15.3. The van der Waals surface area contributed by atoms with Gasteiger partial charge in [-0.3, -0.25) is 4.99 Å². The van der Waals surface area contributed by atoms with E-state index >= 15 is 0 Å². The lowest BCUT2D eigenvalue weighted by atomic mass is 10.0. The van der Waals surface area contributed by atoms with Crippen molar-refractivity contribution < 1.29 is 0 Å². The van der Waals surface area contributed by atoms with Crippen molar-refractivity contribution in [1.29, 1.82) is 0 Å². The molecule has 1 unspecified atom stereocenters. The van der Waals surface area contributed by atoms with E-state index in [0.717, 1.165) is 25.4 Å². The number of nitrogens with zero attached hydrogens (tertiary/aromatic N) is 2. The average Bonchev–Trinajstić information content (AvgIpc) is 3.17. The number of guanidine groups is 1. The zero-order chi connectivity index (χ0) is 12.5. The molecule has 96 valence electrons. The Balaban J connectivity index is 1.77. The maximum atomic E-state index is 5.96. The second-order valence-electron chi connectivity index (χ2n) is 5.35. The molecule has 0 bridgehead atoms. The highest BCUT2D eigenvalue weighted by molar-refractivity contribution is 5.80. The Bertz CT molecular complexity index is 445. The van der Waals surface area contributed by atoms with E-state index in [9.17, 15) is 0 Å². The Morgan fingerprint density at radius 3 is 2.50 bits per heavy atom. The molecule has 0 radical (unpaired) electrons. The third kappa shape index (κ3) is 2.09. The number of hydrogen-bond donors (Lipinski definition) is 1. The van der Waals surface area contributed by atoms with Crippen molar-refractivity contribution in [3.8, 4) is 0 Å². The van der Waals surface area contributed by atoms with E-state index in [1.54, 1.807) is 0 Å². The fraction of sp³-hybridized carbons (Fsp3) is 0.533. The summed E-state index contributed by atoms with van der Waals surface area (Å²) in [6.45, 7) is 3.97. The molecule has 1 atom stereocenters. The number of aliphatic imine (C=N–C) groups is 1. The molecule has 3 rings (SSSR count). The van der Waals surface area contributed by atoms with Gasteiger partial charge in [0.05, 0.1) is 12.6 Å². The molecule has 1 aliphatic heterocycles. The molecule has 0 amide bonds. The number of nitrogens with two attached hydrogens (primary N) is 1. The fourth-order valence-electron chi connectivity index (χ4n) is 2.73. The first kappa shape index (κ1) is 11.6. The van der Waals surface area contributed by atoms with Crippen LogP contribution in [0, 0.1) is 0 Å². The molecule has 1 saturated carbocycles. The van der Waals surface area contributed by atoms with E-state index in [2.05, 4.69) is 41.1 Å². The van der Waals surface area contributed by atoms with E-state index in [1.807, 2.05) is 0 Å². The summed E-state index contributed by atoms with van der Waals surface area (Å²) < 4.78 is 0. The summed E-state index contributed by atoms with van der Waals surface area (Å²) in [5.41, 5.74) is 8.79. The Kier molecular flexibility index (Phi) is 2.98. The standard InChI is InChI=1S/C15H21N3/c1-2-9-18-14(10-17-15(18)16)13-7-5-12(6-8-13)11-3-4-11/h5-8,11,14H,2-4,9-10H2,1H3,(H2,16,17). The van der Waals surface area contributed by atoms with E-state index in [0.29, 0.717) is 12.0 Å². The zero-order valence-electron chi connectivity index (χ0n) is 11.0. The molecule has 1 heterocycles. The second kappa shape index (κ2) is 4.63. The first-order chi connectivity index (χ1) is 8.79. The van der Waals surface area contributed by atoms with Crippen LogP contribution in [0.15, 0.2) is 29.3 Å². The summed E-state index contributed by atoms with van der Waals surface area (Å²) in [5, 5.41) is 0. The van der Waals surface area contributed by atoms with Gasteiger partial charge in [-0.1, -0.05) is 31.2 Å². The molecule has 1 aromatic rings. The second-order valence-corrected chi connectivity index (χ2v) is 5.35. The number of benzene rings is 1. The fourth-order valence-corrected chi connectivity index (χ4v) is 2.73. The first-order valence-electron chi connectivity index (χ1n) is 6.96. The Morgan fingerprint density at radius 1 is 1.22 bits per heavy atom. The third-order valence-corrected chi connectivity index (χ3v) is 3.93. The largest absolute Gasteiger partial charge is 0.370 e. The summed E-state index contributed by atoms with van der Waals surface area (Å²) in [5.74, 6) is 1.53. The van der Waals surface area contributed by atoms with Crippen molar-refractivity contribution in [3.05, 3.63) is 35.4 Å². The van der Waals surface area contributed by atoms with Crippen LogP contribution in [-0.4, -0.2) is 23.9 Å². The molecule has 1 fully saturated rings. The van der Waals surface area contributed by atoms with Crippen LogP contribution in [0.5, 0.6) is 0 Å². The van der Waals surface area contributed by atoms with Crippen LogP contribution in [-0.2, 0) is 0 Å². The van der Waals surface area contributed by atoms with Crippen LogP contribution in [0.1, 0.15) is 49.3 Å². The number of rotatable bonds is 4. The number of hydrogen-bond acceptors (Lipinski definition) is 3. The summed E-state index contributed by atoms with van der Waals surface area (Å²) >= 11 is 0. The van der Waals surface area contributed by atoms with Crippen LogP contribution in [0.25, 0.3) is 0 Å². The van der Waals surface area contributed by atoms with Crippen molar-refractivity contribution >= 4 is 5.96 Å². The molecule has 3 heteroatoms. The summed E-state index contributed by atoms with van der Waals surface area (Å²) in [6.07, 6.45) is 3.83. The molecule has 2 aliphatic rings. The Morgan fingerprint density at radius 2 is 1.89 bits per heavy atom. The van der Waals surface area contributed by atoms with Crippen molar-refractivity contribution in [1.82, 2.24) is 4.90 Å². The van der Waals surface area contributed by atoms with Crippen molar-refractivity contribution in [3.63, 3.8) is 0 Å². The van der Waals surface area contributed by atoms with Crippen LogP contribution in [0.3, 0.4) is 0 Å². The van der Waals surface area contributed by atoms with Gasteiger partial charge in [-0.05, 0) is 36.3 Å². The molecule has 3 nitrogen and oxygen atoms in total. The van der Waals surface area contributed by atoms with Gasteiger partial charge in [0.25, 0.3) is 0 Å². The van der Waals surface area contributed by atoms with E-state index in [4.69, 9.17) is 5.73 Å². The Labute approximate surface area is 109 Å². The predicted octanol–water partition coefficient (Wildman–Crippen LogP) is 2.65. The predicted molar refractivity (Wildman–Crippen MR) is 74.6 cm³/mol. The lowest BCUT2D eigenvalue weighted by Crippen LogP contribution is -2.36. The van der Waals surface area contributed by atoms with Gasteiger partial charge in [0.2, 0.25) is 0 Å². The van der Waals surface area contributed by atoms with Crippen LogP contribution >= 0.6 is 0 Å². The van der Waals surface area contributed by atoms with Crippen molar-refractivity contribution in [2.45, 2.75) is 38.1 Å². The minimum Gasteiger partial charge on any atom is -0.370 e. The van der Waals surface area contributed by atoms with Gasteiger partial charge in [-0.15, -0.1) is 0 Å². The van der Waals surface area contributed by atoms with Crippen molar-refractivity contribution in [2.75, 3.05) is 13.1 Å². The molecule has 2 N–H and O–H groups in total. The minimum absolute atomic E-state index is 0.346. The first-order valence-corrected chi connectivity index (χ1v) is 6.96. The molecule has 0 saturated heterocycles. The zero-order valence-corrected chi connectivity index (χ0v) is 11.0. The molecular weight excluding hydrogens is 222 g/mol. The van der Waals surface area contributed by atoms with Gasteiger partial charge in [-0.25, -0.2) is 0 Å². The molecule has 0 spiro atoms. The highest BCUT2D eigenvalue weighted by Crippen LogP contribution is 2.40. The van der Waals surface area contributed by atoms with Gasteiger partial charge in [0, 0.05) is 6.54 Å². The maximum Gasteiger partial charge on any atom is 0.191 e. The SMILES string of the molecule is CCCN1C(N)=NCC1c1ccc(C2CC2)cc1. The molecular formula is C15H21N3. The molecule has 0 aromatic heterocycles. The van der Waals surface area contributed by atoms with Gasteiger partial charge >= 0.3 is 0 Å². The minimum atomic E-state index is 0.346. The van der Waals surface area contributed by atoms with Crippen molar-refractivity contribution in [2.24, 2.45) is 10.7 Å². The lowest BCUT2D eigenvalue weighted by molar-refractivity contribution is 0.347. The average molecular weight is 243 g/mol. The van der Waals surface area contributed by atoms with Gasteiger partial charge < -0.3 is 10.6 Å². The summed E-state index contributed by atoms with van der Waals surface area (Å²) in [4.78, 5) is 6.61. The smallest absolute Gasteiger partial charge is 0.191 e. The third-order valence-electron chi connectivity index (χ3n) is 3.93. The van der Waals surface area contributed by atoms with E-state index < -0.39 is 0 Å².